The van der Waals surface area contributed by atoms with Crippen LogP contribution in [0, 0.1) is 0 Å². The molecular weight excluding hydrogens is 436 g/mol. The van der Waals surface area contributed by atoms with Crippen LogP contribution in [0.15, 0.2) is 87.4 Å². The van der Waals surface area contributed by atoms with Crippen LogP contribution in [0.25, 0.3) is 31.7 Å². The van der Waals surface area contributed by atoms with Crippen LogP contribution in [-0.2, 0) is 20.6 Å². The van der Waals surface area contributed by atoms with Crippen molar-refractivity contribution in [1.82, 2.24) is 0 Å². The summed E-state index contributed by atoms with van der Waals surface area (Å²) in [6.07, 6.45) is 2.75. The second kappa shape index (κ2) is 7.91. The summed E-state index contributed by atoms with van der Waals surface area (Å²) in [5.74, 6) is 0. The van der Waals surface area contributed by atoms with Crippen molar-refractivity contribution < 1.29 is 12.6 Å². The maximum Gasteiger partial charge on any atom is 0.196 e. The lowest BCUT2D eigenvalue weighted by molar-refractivity contribution is 0.602. The molecule has 30 heavy (non-hydrogen) atoms. The molecule has 0 aliphatic heterocycles. The van der Waals surface area contributed by atoms with E-state index in [1.807, 2.05) is 30.3 Å². The molecule has 0 N–H and O–H groups in total. The van der Waals surface area contributed by atoms with Gasteiger partial charge in [0.15, 0.2) is 15.3 Å². The molecule has 4 aromatic rings. The van der Waals surface area contributed by atoms with Crippen LogP contribution in [-0.4, -0.2) is 25.1 Å². The zero-order chi connectivity index (χ0) is 21.5. The highest BCUT2D eigenvalue weighted by atomic mass is 32.2. The van der Waals surface area contributed by atoms with Crippen molar-refractivity contribution >= 4 is 42.1 Å². The first-order chi connectivity index (χ1) is 14.3. The molecule has 0 radical (unpaired) electrons. The van der Waals surface area contributed by atoms with Crippen molar-refractivity contribution in [2.75, 3.05) is 12.5 Å². The van der Waals surface area contributed by atoms with E-state index in [1.54, 1.807) is 48.7 Å². The largest absolute Gasteiger partial charge is 0.288 e. The molecule has 1 unspecified atom stereocenters. The van der Waals surface area contributed by atoms with E-state index in [4.69, 9.17) is 0 Å². The minimum atomic E-state index is -3.32. The molecule has 0 amide bonds. The summed E-state index contributed by atoms with van der Waals surface area (Å²) in [5.41, 5.74) is 1.72. The van der Waals surface area contributed by atoms with E-state index in [1.165, 1.54) is 11.3 Å². The molecule has 0 saturated heterocycles. The minimum absolute atomic E-state index is 0.135. The van der Waals surface area contributed by atoms with Gasteiger partial charge in [-0.05, 0) is 35.9 Å². The van der Waals surface area contributed by atoms with E-state index >= 15 is 0 Å². The van der Waals surface area contributed by atoms with E-state index in [0.29, 0.717) is 21.4 Å². The Hall–Kier alpha value is -2.61. The van der Waals surface area contributed by atoms with E-state index in [0.717, 1.165) is 21.4 Å². The molecule has 0 aliphatic carbocycles. The second-order valence-electron chi connectivity index (χ2n) is 6.88. The van der Waals surface area contributed by atoms with Crippen molar-refractivity contribution in [3.63, 3.8) is 0 Å². The predicted octanol–water partition coefficient (Wildman–Crippen LogP) is 4.74. The Morgan fingerprint density at radius 2 is 1.50 bits per heavy atom. The number of rotatable bonds is 4. The van der Waals surface area contributed by atoms with Gasteiger partial charge in [-0.15, -0.1) is 11.3 Å². The lowest BCUT2D eigenvalue weighted by Crippen LogP contribution is -2.08. The second-order valence-corrected chi connectivity index (χ2v) is 11.3. The quantitative estimate of drug-likeness (QED) is 0.447. The third-order valence-electron chi connectivity index (χ3n) is 4.81. The molecule has 7 heteroatoms. The molecule has 4 rings (SSSR count). The van der Waals surface area contributed by atoms with Crippen LogP contribution >= 0.6 is 11.3 Å². The molecule has 0 saturated carbocycles. The van der Waals surface area contributed by atoms with Gasteiger partial charge in [0.1, 0.15) is 0 Å². The lowest BCUT2D eigenvalue weighted by atomic mass is 10.0. The minimum Gasteiger partial charge on any atom is -0.288 e. The van der Waals surface area contributed by atoms with Gasteiger partial charge in [-0.3, -0.25) is 9.00 Å². The number of hydrogen-bond acceptors (Lipinski definition) is 5. The molecule has 0 aliphatic rings. The number of fused-ring (bicyclic) bond motifs is 1. The maximum absolute atomic E-state index is 13.5. The Balaban J connectivity index is 2.09. The van der Waals surface area contributed by atoms with Gasteiger partial charge >= 0.3 is 0 Å². The molecule has 0 spiro atoms. The summed E-state index contributed by atoms with van der Waals surface area (Å²) in [5, 5.41) is 0.602. The molecule has 0 fully saturated rings. The fourth-order valence-corrected chi connectivity index (χ4v) is 5.94. The highest BCUT2D eigenvalue weighted by Crippen LogP contribution is 2.38. The molecule has 1 heterocycles. The third-order valence-corrected chi connectivity index (χ3v) is 8.13. The Kier molecular flexibility index (Phi) is 5.44. The maximum atomic E-state index is 13.5. The Morgan fingerprint density at radius 3 is 2.17 bits per heavy atom. The molecule has 1 atom stereocenters. The molecule has 152 valence electrons. The fraction of sp³-hybridized carbons (Fsp3) is 0.0870. The molecule has 1 aromatic heterocycles. The van der Waals surface area contributed by atoms with Crippen molar-refractivity contribution in [2.45, 2.75) is 9.79 Å². The van der Waals surface area contributed by atoms with Crippen molar-refractivity contribution in [1.29, 1.82) is 0 Å². The van der Waals surface area contributed by atoms with Gasteiger partial charge in [0.05, 0.1) is 15.7 Å². The van der Waals surface area contributed by atoms with Crippen LogP contribution in [0.4, 0.5) is 0 Å². The van der Waals surface area contributed by atoms with Crippen LogP contribution in [0.2, 0.25) is 0 Å². The van der Waals surface area contributed by atoms with Gasteiger partial charge in [-0.25, -0.2) is 8.42 Å². The first-order valence-electron chi connectivity index (χ1n) is 9.06. The monoisotopic (exact) mass is 454 g/mol. The van der Waals surface area contributed by atoms with Gasteiger partial charge in [0.2, 0.25) is 0 Å². The summed E-state index contributed by atoms with van der Waals surface area (Å²) >= 11 is 1.46. The third kappa shape index (κ3) is 3.76. The summed E-state index contributed by atoms with van der Waals surface area (Å²) < 4.78 is 36.9. The van der Waals surface area contributed by atoms with E-state index < -0.39 is 20.6 Å². The Labute approximate surface area is 181 Å². The van der Waals surface area contributed by atoms with Crippen LogP contribution in [0.3, 0.4) is 0 Å². The van der Waals surface area contributed by atoms with Crippen LogP contribution in [0.1, 0.15) is 0 Å². The fourth-order valence-electron chi connectivity index (χ4n) is 3.37. The highest BCUT2D eigenvalue weighted by Gasteiger charge is 2.20. The summed E-state index contributed by atoms with van der Waals surface area (Å²) in [6.45, 7) is 0. The molecular formula is C23H18O4S3. The van der Waals surface area contributed by atoms with Crippen LogP contribution < -0.4 is 5.43 Å². The van der Waals surface area contributed by atoms with Crippen LogP contribution in [0.5, 0.6) is 0 Å². The number of hydrogen-bond donors (Lipinski definition) is 0. The average Bonchev–Trinajstić information content (AvgIpc) is 2.73. The Morgan fingerprint density at radius 1 is 0.867 bits per heavy atom. The SMILES string of the molecule is CS(=O)c1ccccc1-c1c(-c2ccc(S(C)(=O)=O)cc2)sc2ccccc2c1=O. The first kappa shape index (κ1) is 20.7. The topological polar surface area (TPSA) is 68.3 Å². The molecule has 4 nitrogen and oxygen atoms in total. The van der Waals surface area contributed by atoms with E-state index in [9.17, 15) is 17.4 Å². The van der Waals surface area contributed by atoms with Gasteiger partial charge in [0.25, 0.3) is 0 Å². The van der Waals surface area contributed by atoms with E-state index in [2.05, 4.69) is 0 Å². The normalized spacial score (nSPS) is 12.7. The smallest absolute Gasteiger partial charge is 0.196 e. The highest BCUT2D eigenvalue weighted by molar-refractivity contribution is 7.90. The van der Waals surface area contributed by atoms with Gasteiger partial charge in [0, 0.05) is 43.5 Å². The lowest BCUT2D eigenvalue weighted by Gasteiger charge is -2.13. The Bertz CT molecular complexity index is 1450. The zero-order valence-corrected chi connectivity index (χ0v) is 18.7. The van der Waals surface area contributed by atoms with E-state index in [-0.39, 0.29) is 10.3 Å². The van der Waals surface area contributed by atoms with Crippen molar-refractivity contribution in [2.24, 2.45) is 0 Å². The summed E-state index contributed by atoms with van der Waals surface area (Å²) in [7, 11) is -4.60. The first-order valence-corrected chi connectivity index (χ1v) is 13.3. The number of sulfone groups is 1. The van der Waals surface area contributed by atoms with Gasteiger partial charge < -0.3 is 0 Å². The standard InChI is InChI=1S/C23H18O4S3/c1-29(25)20-10-6-4-8-18(20)21-22(24)17-7-3-5-9-19(17)28-23(21)15-11-13-16(14-12-15)30(2,26)27/h3-14H,1-2H3. The number of benzene rings is 3. The van der Waals surface area contributed by atoms with Crippen molar-refractivity contribution in [3.8, 4) is 21.6 Å². The molecule has 3 aromatic carbocycles. The van der Waals surface area contributed by atoms with Gasteiger partial charge in [-0.1, -0.05) is 42.5 Å². The van der Waals surface area contributed by atoms with Crippen molar-refractivity contribution in [3.05, 3.63) is 83.0 Å². The van der Waals surface area contributed by atoms with Gasteiger partial charge in [-0.2, -0.15) is 0 Å². The molecule has 0 bridgehead atoms. The summed E-state index contributed by atoms with van der Waals surface area (Å²) in [6, 6.07) is 21.1. The average molecular weight is 455 g/mol. The predicted molar refractivity (Wildman–Crippen MR) is 124 cm³/mol. The zero-order valence-electron chi connectivity index (χ0n) is 16.3. The summed E-state index contributed by atoms with van der Waals surface area (Å²) in [4.78, 5) is 15.1.